The quantitative estimate of drug-likeness (QED) is 0.0176. The van der Waals surface area contributed by atoms with E-state index in [1.165, 1.54) is 24.3 Å². The third-order valence-corrected chi connectivity index (χ3v) is 9.00. The molecule has 0 amide bonds. The van der Waals surface area contributed by atoms with Gasteiger partial charge >= 0.3 is 0 Å². The van der Waals surface area contributed by atoms with Gasteiger partial charge in [0, 0.05) is 40.1 Å². The Kier molecular flexibility index (Phi) is 17.3. The lowest BCUT2D eigenvalue weighted by Crippen LogP contribution is -2.10. The molecule has 2 heterocycles. The topological polar surface area (TPSA) is 237 Å². The van der Waals surface area contributed by atoms with Crippen molar-refractivity contribution in [2.75, 3.05) is 11.1 Å². The second-order valence-electron chi connectivity index (χ2n) is 12.5. The maximum absolute atomic E-state index is 11.2. The first-order chi connectivity index (χ1) is 29.1. The van der Waals surface area contributed by atoms with Crippen LogP contribution in [0.5, 0.6) is 0 Å². The van der Waals surface area contributed by atoms with Gasteiger partial charge in [-0.1, -0.05) is 149 Å². The van der Waals surface area contributed by atoms with E-state index in [0.717, 1.165) is 39.5 Å². The van der Waals surface area contributed by atoms with Crippen molar-refractivity contribution in [3.05, 3.63) is 208 Å². The number of nitro benzene ring substituents is 2. The number of H-pyrrole nitrogens is 2. The summed E-state index contributed by atoms with van der Waals surface area (Å²) in [6, 6.07) is 49.1. The molecular weight excluding hydrogens is 862 g/mol. The number of Topliss-reactive ketones (excluding diaryl/α,β-unsaturated/α-hetero) is 1. The summed E-state index contributed by atoms with van der Waals surface area (Å²) in [6.45, 7) is 0. The number of nitro groups is 2. The van der Waals surface area contributed by atoms with Crippen molar-refractivity contribution in [2.24, 2.45) is 5.73 Å². The Morgan fingerprint density at radius 1 is 0.607 bits per heavy atom. The molecule has 8 aromatic rings. The third kappa shape index (κ3) is 12.9. The number of aromatic amines is 2. The number of nitrogen functional groups attached to an aromatic ring is 2. The molecule has 0 radical (unpaired) electrons. The highest BCUT2D eigenvalue weighted by Crippen LogP contribution is 2.30. The molecule has 8 rings (SSSR count). The van der Waals surface area contributed by atoms with E-state index in [1.54, 1.807) is 30.5 Å². The lowest BCUT2D eigenvalue weighted by Gasteiger charge is -2.01. The molecule has 6 aromatic carbocycles. The molecule has 61 heavy (non-hydrogen) atoms. The molecule has 0 aliphatic carbocycles. The fraction of sp³-hybridized carbons (Fsp3) is 0.0222. The van der Waals surface area contributed by atoms with E-state index in [9.17, 15) is 25.0 Å². The van der Waals surface area contributed by atoms with Crippen LogP contribution in [0.4, 0.5) is 17.1 Å². The van der Waals surface area contributed by atoms with E-state index in [-0.39, 0.29) is 46.3 Å². The number of hydrogen-bond acceptors (Lipinski definition) is 9. The maximum atomic E-state index is 11.2. The Balaban J connectivity index is 0.000000185. The molecule has 0 aliphatic rings. The first-order valence-electron chi connectivity index (χ1n) is 18.1. The van der Waals surface area contributed by atoms with Crippen LogP contribution in [-0.4, -0.2) is 46.7 Å². The van der Waals surface area contributed by atoms with Gasteiger partial charge in [0.2, 0.25) is 0 Å². The normalized spacial score (nSPS) is 9.85. The van der Waals surface area contributed by atoms with Crippen molar-refractivity contribution in [1.82, 2.24) is 19.9 Å². The SMILES string of the molecule is Cl.N=C(N)c1ccccc1.Nc1ccccc1-c1cnc(-c2ccccc2)[nH]1.O=C(CBr)c1ccccc1[N+](=O)[O-].O=[N+]([O-])c1ccccc1-c1cnc(-c2ccccc2)[nH]1. The van der Waals surface area contributed by atoms with Gasteiger partial charge in [-0.3, -0.25) is 30.4 Å². The summed E-state index contributed by atoms with van der Waals surface area (Å²) in [6.07, 6.45) is 3.43. The summed E-state index contributed by atoms with van der Waals surface area (Å²) in [7, 11) is 0. The molecule has 0 unspecified atom stereocenters. The van der Waals surface area contributed by atoms with Crippen LogP contribution in [0.3, 0.4) is 0 Å². The number of rotatable bonds is 9. The number of benzene rings is 6. The fourth-order valence-electron chi connectivity index (χ4n) is 5.56. The number of imidazole rings is 2. The minimum Gasteiger partial charge on any atom is -0.398 e. The number of nitrogens with zero attached hydrogens (tertiary/aromatic N) is 4. The molecular formula is C45H39BrClN9O5. The minimum absolute atomic E-state index is 0. The molecule has 0 bridgehead atoms. The summed E-state index contributed by atoms with van der Waals surface area (Å²) in [5.41, 5.74) is 17.8. The number of carbonyl (C=O) groups excluding carboxylic acids is 1. The number of amidine groups is 1. The molecule has 7 N–H and O–H groups in total. The van der Waals surface area contributed by atoms with Gasteiger partial charge in [0.1, 0.15) is 17.5 Å². The summed E-state index contributed by atoms with van der Waals surface area (Å²) in [4.78, 5) is 46.9. The van der Waals surface area contributed by atoms with Crippen LogP contribution in [0.25, 0.3) is 45.3 Å². The van der Waals surface area contributed by atoms with Gasteiger partial charge in [0.05, 0.1) is 50.1 Å². The minimum atomic E-state index is -0.560. The van der Waals surface area contributed by atoms with Crippen molar-refractivity contribution >= 4 is 57.0 Å². The lowest BCUT2D eigenvalue weighted by molar-refractivity contribution is -0.385. The Bertz CT molecular complexity index is 2680. The number of alkyl halides is 1. The van der Waals surface area contributed by atoms with Crippen molar-refractivity contribution in [2.45, 2.75) is 0 Å². The van der Waals surface area contributed by atoms with Crippen molar-refractivity contribution in [1.29, 1.82) is 5.41 Å². The second kappa shape index (κ2) is 23.0. The first-order valence-corrected chi connectivity index (χ1v) is 19.2. The van der Waals surface area contributed by atoms with Gasteiger partial charge in [-0.15, -0.1) is 12.4 Å². The fourth-order valence-corrected chi connectivity index (χ4v) is 5.86. The van der Waals surface area contributed by atoms with Crippen LogP contribution in [0.1, 0.15) is 15.9 Å². The van der Waals surface area contributed by atoms with Crippen LogP contribution >= 0.6 is 28.3 Å². The average molecular weight is 901 g/mol. The largest absolute Gasteiger partial charge is 0.398 e. The number of anilines is 1. The zero-order valence-corrected chi connectivity index (χ0v) is 34.6. The zero-order valence-electron chi connectivity index (χ0n) is 32.2. The van der Waals surface area contributed by atoms with Gasteiger partial charge in [0.15, 0.2) is 5.78 Å². The molecule has 0 saturated carbocycles. The van der Waals surface area contributed by atoms with E-state index in [1.807, 2.05) is 121 Å². The number of nitrogens with two attached hydrogens (primary N) is 2. The van der Waals surface area contributed by atoms with E-state index in [0.29, 0.717) is 17.1 Å². The van der Waals surface area contributed by atoms with E-state index >= 15 is 0 Å². The number of halogens is 2. The molecule has 0 atom stereocenters. The molecule has 0 aliphatic heterocycles. The highest BCUT2D eigenvalue weighted by molar-refractivity contribution is 9.09. The van der Waals surface area contributed by atoms with Gasteiger partial charge < -0.3 is 21.4 Å². The number of hydrogen-bond donors (Lipinski definition) is 5. The Labute approximate surface area is 365 Å². The molecule has 16 heteroatoms. The monoisotopic (exact) mass is 899 g/mol. The van der Waals surface area contributed by atoms with Gasteiger partial charge in [-0.2, -0.15) is 0 Å². The lowest BCUT2D eigenvalue weighted by atomic mass is 10.1. The number of ketones is 1. The average Bonchev–Trinajstić information content (AvgIpc) is 4.00. The summed E-state index contributed by atoms with van der Waals surface area (Å²) in [5.74, 6) is 1.38. The predicted molar refractivity (Wildman–Crippen MR) is 246 cm³/mol. The highest BCUT2D eigenvalue weighted by atomic mass is 79.9. The second-order valence-corrected chi connectivity index (χ2v) is 13.1. The molecule has 2 aromatic heterocycles. The van der Waals surface area contributed by atoms with Gasteiger partial charge in [0.25, 0.3) is 11.4 Å². The van der Waals surface area contributed by atoms with E-state index in [2.05, 4.69) is 35.9 Å². The van der Waals surface area contributed by atoms with Crippen LogP contribution < -0.4 is 11.5 Å². The first kappa shape index (κ1) is 45.9. The van der Waals surface area contributed by atoms with E-state index in [4.69, 9.17) is 16.9 Å². The zero-order chi connectivity index (χ0) is 42.9. The summed E-state index contributed by atoms with van der Waals surface area (Å²) < 4.78 is 0. The van der Waals surface area contributed by atoms with E-state index < -0.39 is 9.85 Å². The van der Waals surface area contributed by atoms with Gasteiger partial charge in [-0.05, 0) is 18.2 Å². The Morgan fingerprint density at radius 2 is 1.02 bits per heavy atom. The third-order valence-electron chi connectivity index (χ3n) is 8.50. The van der Waals surface area contributed by atoms with Gasteiger partial charge in [-0.25, -0.2) is 9.97 Å². The molecule has 0 saturated heterocycles. The number of nitrogens with one attached hydrogen (secondary N) is 3. The smallest absolute Gasteiger partial charge is 0.280 e. The molecule has 14 nitrogen and oxygen atoms in total. The predicted octanol–water partition coefficient (Wildman–Crippen LogP) is 10.5. The maximum Gasteiger partial charge on any atom is 0.280 e. The Morgan fingerprint density at radius 3 is 1.48 bits per heavy atom. The van der Waals surface area contributed by atoms with Crippen LogP contribution in [0.15, 0.2) is 176 Å². The number of aromatic nitrogens is 4. The highest BCUT2D eigenvalue weighted by Gasteiger charge is 2.18. The molecule has 308 valence electrons. The Hall–Kier alpha value is -7.75. The molecule has 0 spiro atoms. The van der Waals surface area contributed by atoms with Crippen LogP contribution in [0, 0.1) is 25.6 Å². The van der Waals surface area contributed by atoms with Crippen molar-refractivity contribution in [3.63, 3.8) is 0 Å². The summed E-state index contributed by atoms with van der Waals surface area (Å²) >= 11 is 2.96. The number of carbonyl (C=O) groups is 1. The summed E-state index contributed by atoms with van der Waals surface area (Å²) in [5, 5.41) is 28.6. The standard InChI is InChI=1S/C15H11N3O2.C15H13N3.C8H6BrNO3.C7H8N2.ClH/c19-18(20)14-9-5-4-8-12(14)13-10-16-15(17-13)11-6-2-1-3-7-11;16-13-9-5-4-8-12(13)14-10-17-15(18-14)11-6-2-1-3-7-11;9-5-8(11)6-3-1-2-4-7(6)10(12)13;8-7(9)6-4-2-1-3-5-6;/h1-10H,(H,16,17);1-10H,16H2,(H,17,18);1-4H,5H2;1-5H,(H3,8,9);1H. The van der Waals surface area contributed by atoms with Crippen LogP contribution in [-0.2, 0) is 0 Å². The van der Waals surface area contributed by atoms with Crippen molar-refractivity contribution < 1.29 is 14.6 Å². The van der Waals surface area contributed by atoms with Crippen LogP contribution in [0.2, 0.25) is 0 Å². The molecule has 0 fully saturated rings. The van der Waals surface area contributed by atoms with Crippen molar-refractivity contribution in [3.8, 4) is 45.3 Å². The number of para-hydroxylation sites is 3.